The fourth-order valence-corrected chi connectivity index (χ4v) is 1.74. The minimum Gasteiger partial charge on any atom is -0.392 e. The van der Waals surface area contributed by atoms with E-state index in [0.717, 1.165) is 20.8 Å². The van der Waals surface area contributed by atoms with Gasteiger partial charge in [-0.15, -0.1) is 0 Å². The van der Waals surface area contributed by atoms with E-state index in [-0.39, 0.29) is 6.61 Å². The fourth-order valence-electron chi connectivity index (χ4n) is 1.27. The fraction of sp³-hybridized carbons (Fsp3) is 0.100. The molecule has 0 spiro atoms. The normalized spacial score (nSPS) is 10.6. The molecule has 0 bridgehead atoms. The lowest BCUT2D eigenvalue weighted by Gasteiger charge is -2.01. The molecule has 0 amide bonds. The molecule has 0 aliphatic carbocycles. The van der Waals surface area contributed by atoms with Crippen LogP contribution in [0.4, 0.5) is 0 Å². The van der Waals surface area contributed by atoms with Crippen LogP contribution in [0.2, 0.25) is 0 Å². The smallest absolute Gasteiger partial charge is 0.0682 e. The van der Waals surface area contributed by atoms with E-state index in [1.54, 1.807) is 12.4 Å². The first-order valence-corrected chi connectivity index (χ1v) is 4.73. The Morgan fingerprint density at radius 2 is 2.15 bits per heavy atom. The van der Waals surface area contributed by atoms with E-state index in [0.29, 0.717) is 0 Å². The van der Waals surface area contributed by atoms with Gasteiger partial charge in [-0.1, -0.05) is 12.1 Å². The van der Waals surface area contributed by atoms with Crippen molar-refractivity contribution in [3.05, 3.63) is 40.6 Å². The van der Waals surface area contributed by atoms with Crippen LogP contribution >= 0.6 is 15.9 Å². The zero-order chi connectivity index (χ0) is 9.26. The summed E-state index contributed by atoms with van der Waals surface area (Å²) in [6, 6.07) is 5.82. The molecular formula is C10H8BrNO. The molecule has 0 saturated heterocycles. The predicted molar refractivity (Wildman–Crippen MR) is 55.4 cm³/mol. The maximum absolute atomic E-state index is 8.96. The molecule has 3 heteroatoms. The van der Waals surface area contributed by atoms with Gasteiger partial charge < -0.3 is 5.11 Å². The Kier molecular flexibility index (Phi) is 2.29. The summed E-state index contributed by atoms with van der Waals surface area (Å²) in [5.41, 5.74) is 0.916. The number of hydrogen-bond acceptors (Lipinski definition) is 2. The number of hydrogen-bond donors (Lipinski definition) is 1. The summed E-state index contributed by atoms with van der Waals surface area (Å²) >= 11 is 3.42. The third-order valence-corrected chi connectivity index (χ3v) is 2.59. The van der Waals surface area contributed by atoms with Gasteiger partial charge in [0.15, 0.2) is 0 Å². The molecule has 1 aromatic heterocycles. The highest BCUT2D eigenvalue weighted by Crippen LogP contribution is 2.23. The quantitative estimate of drug-likeness (QED) is 0.827. The second kappa shape index (κ2) is 3.44. The van der Waals surface area contributed by atoms with Crippen LogP contribution in [0.15, 0.2) is 35.1 Å². The molecule has 0 aliphatic heterocycles. The van der Waals surface area contributed by atoms with E-state index in [4.69, 9.17) is 5.11 Å². The SMILES string of the molecule is OCc1ccc2cncc(Br)c2c1. The minimum atomic E-state index is 0.0741. The Labute approximate surface area is 84.4 Å². The van der Waals surface area contributed by atoms with Crippen molar-refractivity contribution in [1.82, 2.24) is 4.98 Å². The van der Waals surface area contributed by atoms with Gasteiger partial charge in [0.2, 0.25) is 0 Å². The van der Waals surface area contributed by atoms with Crippen molar-refractivity contribution < 1.29 is 5.11 Å². The van der Waals surface area contributed by atoms with Gasteiger partial charge in [0, 0.05) is 22.3 Å². The number of benzene rings is 1. The average Bonchev–Trinajstić information content (AvgIpc) is 2.18. The van der Waals surface area contributed by atoms with Crippen LogP contribution in [0.25, 0.3) is 10.8 Å². The summed E-state index contributed by atoms with van der Waals surface area (Å²) in [4.78, 5) is 4.06. The second-order valence-electron chi connectivity index (χ2n) is 2.83. The van der Waals surface area contributed by atoms with Crippen molar-refractivity contribution in [2.75, 3.05) is 0 Å². The lowest BCUT2D eigenvalue weighted by Crippen LogP contribution is -1.84. The van der Waals surface area contributed by atoms with E-state index in [1.165, 1.54) is 0 Å². The highest BCUT2D eigenvalue weighted by Gasteiger charge is 1.99. The van der Waals surface area contributed by atoms with E-state index in [9.17, 15) is 0 Å². The predicted octanol–water partition coefficient (Wildman–Crippen LogP) is 2.49. The Morgan fingerprint density at radius 3 is 2.92 bits per heavy atom. The summed E-state index contributed by atoms with van der Waals surface area (Å²) in [7, 11) is 0. The number of aliphatic hydroxyl groups excluding tert-OH is 1. The number of fused-ring (bicyclic) bond motifs is 1. The zero-order valence-electron chi connectivity index (χ0n) is 6.87. The van der Waals surface area contributed by atoms with Crippen LogP contribution in [0.1, 0.15) is 5.56 Å². The Morgan fingerprint density at radius 1 is 1.31 bits per heavy atom. The summed E-state index contributed by atoms with van der Waals surface area (Å²) in [6.07, 6.45) is 3.56. The van der Waals surface area contributed by atoms with Crippen LogP contribution < -0.4 is 0 Å². The lowest BCUT2D eigenvalue weighted by molar-refractivity contribution is 0.282. The summed E-state index contributed by atoms with van der Waals surface area (Å²) in [5, 5.41) is 11.1. The first-order valence-electron chi connectivity index (χ1n) is 3.94. The van der Waals surface area contributed by atoms with Crippen LogP contribution in [-0.4, -0.2) is 10.1 Å². The maximum Gasteiger partial charge on any atom is 0.0682 e. The topological polar surface area (TPSA) is 33.1 Å². The molecule has 1 heterocycles. The van der Waals surface area contributed by atoms with Gasteiger partial charge in [0.1, 0.15) is 0 Å². The van der Waals surface area contributed by atoms with Crippen molar-refractivity contribution in [2.24, 2.45) is 0 Å². The molecule has 1 N–H and O–H groups in total. The minimum absolute atomic E-state index is 0.0741. The van der Waals surface area contributed by atoms with E-state index in [2.05, 4.69) is 20.9 Å². The monoisotopic (exact) mass is 237 g/mol. The number of halogens is 1. The molecule has 0 unspecified atom stereocenters. The van der Waals surface area contributed by atoms with Crippen molar-refractivity contribution in [3.8, 4) is 0 Å². The first kappa shape index (κ1) is 8.66. The first-order chi connectivity index (χ1) is 6.31. The average molecular weight is 238 g/mol. The molecule has 2 aromatic rings. The maximum atomic E-state index is 8.96. The summed E-state index contributed by atoms with van der Waals surface area (Å²) < 4.78 is 0.959. The molecule has 2 nitrogen and oxygen atoms in total. The third kappa shape index (κ3) is 1.57. The number of aromatic nitrogens is 1. The number of rotatable bonds is 1. The molecule has 0 fully saturated rings. The van der Waals surface area contributed by atoms with Gasteiger partial charge in [0.25, 0.3) is 0 Å². The molecule has 66 valence electrons. The number of pyridine rings is 1. The second-order valence-corrected chi connectivity index (χ2v) is 3.69. The molecule has 2 rings (SSSR count). The van der Waals surface area contributed by atoms with Crippen LogP contribution in [0.5, 0.6) is 0 Å². The van der Waals surface area contributed by atoms with Crippen molar-refractivity contribution in [1.29, 1.82) is 0 Å². The largest absolute Gasteiger partial charge is 0.392 e. The lowest BCUT2D eigenvalue weighted by atomic mass is 10.1. The van der Waals surface area contributed by atoms with Gasteiger partial charge in [0.05, 0.1) is 6.61 Å². The zero-order valence-corrected chi connectivity index (χ0v) is 8.45. The molecule has 0 aliphatic rings. The highest BCUT2D eigenvalue weighted by atomic mass is 79.9. The third-order valence-electron chi connectivity index (χ3n) is 1.96. The van der Waals surface area contributed by atoms with E-state index >= 15 is 0 Å². The molecule has 0 saturated carbocycles. The van der Waals surface area contributed by atoms with Gasteiger partial charge in [-0.3, -0.25) is 4.98 Å². The molecule has 1 aromatic carbocycles. The highest BCUT2D eigenvalue weighted by molar-refractivity contribution is 9.10. The van der Waals surface area contributed by atoms with Gasteiger partial charge >= 0.3 is 0 Å². The van der Waals surface area contributed by atoms with Gasteiger partial charge in [-0.25, -0.2) is 0 Å². The number of aliphatic hydroxyl groups is 1. The number of nitrogens with zero attached hydrogens (tertiary/aromatic N) is 1. The van der Waals surface area contributed by atoms with Crippen LogP contribution in [-0.2, 0) is 6.61 Å². The van der Waals surface area contributed by atoms with Gasteiger partial charge in [-0.05, 0) is 32.9 Å². The molecule has 0 radical (unpaired) electrons. The van der Waals surface area contributed by atoms with Crippen LogP contribution in [0.3, 0.4) is 0 Å². The molecular weight excluding hydrogens is 230 g/mol. The standard InChI is InChI=1S/C10H8BrNO/c11-10-5-12-4-8-2-1-7(6-13)3-9(8)10/h1-5,13H,6H2. The molecule has 0 atom stereocenters. The van der Waals surface area contributed by atoms with E-state index in [1.807, 2.05) is 18.2 Å². The summed E-state index contributed by atoms with van der Waals surface area (Å²) in [6.45, 7) is 0.0741. The van der Waals surface area contributed by atoms with Gasteiger partial charge in [-0.2, -0.15) is 0 Å². The molecule has 13 heavy (non-hydrogen) atoms. The Balaban J connectivity index is 2.74. The van der Waals surface area contributed by atoms with E-state index < -0.39 is 0 Å². The van der Waals surface area contributed by atoms with Crippen LogP contribution in [0, 0.1) is 0 Å². The van der Waals surface area contributed by atoms with Crippen molar-refractivity contribution >= 4 is 26.7 Å². The van der Waals surface area contributed by atoms with Crippen molar-refractivity contribution in [2.45, 2.75) is 6.61 Å². The Hall–Kier alpha value is -0.930. The summed E-state index contributed by atoms with van der Waals surface area (Å²) in [5.74, 6) is 0. The Bertz CT molecular complexity index is 442. The van der Waals surface area contributed by atoms with Crippen molar-refractivity contribution in [3.63, 3.8) is 0 Å².